The fourth-order valence-corrected chi connectivity index (χ4v) is 4.83. The lowest BCUT2D eigenvalue weighted by Gasteiger charge is -2.29. The molecule has 0 aromatic heterocycles. The second kappa shape index (κ2) is 16.3. The molecule has 0 aliphatic rings. The molecule has 0 heterocycles. The van der Waals surface area contributed by atoms with Crippen molar-refractivity contribution in [1.29, 1.82) is 5.26 Å². The molecule has 0 fully saturated rings. The van der Waals surface area contributed by atoms with Crippen molar-refractivity contribution in [1.82, 2.24) is 0 Å². The van der Waals surface area contributed by atoms with E-state index in [9.17, 15) is 13.6 Å². The van der Waals surface area contributed by atoms with Crippen molar-refractivity contribution in [3.8, 4) is 17.6 Å². The van der Waals surface area contributed by atoms with Gasteiger partial charge in [-0.15, -0.1) is 0 Å². The summed E-state index contributed by atoms with van der Waals surface area (Å²) in [6.07, 6.45) is 2.20. The number of ether oxygens (including phenoxy) is 3. The summed E-state index contributed by atoms with van der Waals surface area (Å²) in [6, 6.07) is 28.4. The van der Waals surface area contributed by atoms with Crippen LogP contribution in [0, 0.1) is 23.7 Å². The molecule has 243 valence electrons. The van der Waals surface area contributed by atoms with E-state index in [1.807, 2.05) is 48.5 Å². The van der Waals surface area contributed by atoms with Gasteiger partial charge in [-0.25, -0.2) is 4.79 Å². The van der Waals surface area contributed by atoms with E-state index in [1.54, 1.807) is 12.1 Å². The Morgan fingerprint density at radius 2 is 1.36 bits per heavy atom. The molecule has 7 nitrogen and oxygen atoms in total. The molecule has 0 aliphatic heterocycles. The standard InChI is InChI=1S/C38H38F2N3O4/c1-37(25-29-5-14-32(42)15-6-29,26-30-7-16-33(43)17-8-30)27-46-36(44)22-11-28-9-18-35(19-10-28)47-38(39,40)31-12-20-34(21-13-31)45-24-4-2-3-23-41/h5-22H,1-4,24-27,42-43H2/b22-11+. The van der Waals surface area contributed by atoms with Crippen LogP contribution in [-0.2, 0) is 28.5 Å². The van der Waals surface area contributed by atoms with Crippen molar-refractivity contribution in [2.45, 2.75) is 38.2 Å². The van der Waals surface area contributed by atoms with Crippen LogP contribution >= 0.6 is 0 Å². The number of nitrogen functional groups attached to an aromatic ring is 2. The first kappa shape index (κ1) is 34.5. The van der Waals surface area contributed by atoms with Crippen LogP contribution in [0.15, 0.2) is 103 Å². The molecule has 4 rings (SSSR count). The first-order valence-corrected chi connectivity index (χ1v) is 15.2. The van der Waals surface area contributed by atoms with Gasteiger partial charge in [0.05, 0.1) is 24.8 Å². The van der Waals surface area contributed by atoms with Gasteiger partial charge in [0.2, 0.25) is 0 Å². The quantitative estimate of drug-likeness (QED) is 0.0554. The highest BCUT2D eigenvalue weighted by Gasteiger charge is 2.34. The molecular weight excluding hydrogens is 600 g/mol. The highest BCUT2D eigenvalue weighted by atomic mass is 19.3. The van der Waals surface area contributed by atoms with Crippen LogP contribution in [0.25, 0.3) is 6.08 Å². The Labute approximate surface area is 274 Å². The Bertz CT molecular complexity index is 1600. The lowest BCUT2D eigenvalue weighted by Crippen LogP contribution is -2.30. The minimum atomic E-state index is -3.58. The number of hydrogen-bond acceptors (Lipinski definition) is 7. The third-order valence-electron chi connectivity index (χ3n) is 7.32. The van der Waals surface area contributed by atoms with E-state index in [0.29, 0.717) is 61.4 Å². The fourth-order valence-electron chi connectivity index (χ4n) is 4.83. The predicted molar refractivity (Wildman–Crippen MR) is 179 cm³/mol. The molecule has 0 aliphatic carbocycles. The van der Waals surface area contributed by atoms with Crippen LogP contribution < -0.4 is 20.9 Å². The number of carbonyl (C=O) groups is 1. The van der Waals surface area contributed by atoms with Crippen LogP contribution in [0.3, 0.4) is 0 Å². The van der Waals surface area contributed by atoms with Crippen LogP contribution in [0.4, 0.5) is 20.2 Å². The van der Waals surface area contributed by atoms with Crippen molar-refractivity contribution in [3.63, 3.8) is 0 Å². The number of alkyl halides is 2. The molecule has 1 radical (unpaired) electrons. The normalized spacial score (nSPS) is 11.6. The maximum atomic E-state index is 14.8. The molecule has 0 atom stereocenters. The number of carbonyl (C=O) groups excluding carboxylic acids is 1. The zero-order chi connectivity index (χ0) is 33.7. The van der Waals surface area contributed by atoms with E-state index in [1.165, 1.54) is 48.6 Å². The number of unbranched alkanes of at least 4 members (excludes halogenated alkanes) is 2. The molecular formula is C38H38F2N3O4. The van der Waals surface area contributed by atoms with Gasteiger partial charge in [-0.3, -0.25) is 0 Å². The molecule has 0 spiro atoms. The number of hydrogen-bond donors (Lipinski definition) is 2. The van der Waals surface area contributed by atoms with Gasteiger partial charge in [0.1, 0.15) is 11.5 Å². The number of halogens is 2. The Hall–Kier alpha value is -5.36. The van der Waals surface area contributed by atoms with Crippen molar-refractivity contribution in [2.24, 2.45) is 5.41 Å². The minimum absolute atomic E-state index is 0.0419. The van der Waals surface area contributed by atoms with Gasteiger partial charge in [-0.1, -0.05) is 36.4 Å². The lowest BCUT2D eigenvalue weighted by molar-refractivity contribution is -0.185. The Kier molecular flexibility index (Phi) is 12.0. The van der Waals surface area contributed by atoms with E-state index in [0.717, 1.165) is 11.1 Å². The smallest absolute Gasteiger partial charge is 0.426 e. The summed E-state index contributed by atoms with van der Waals surface area (Å²) in [5.74, 6) is -0.144. The van der Waals surface area contributed by atoms with E-state index >= 15 is 0 Å². The molecule has 0 saturated heterocycles. The summed E-state index contributed by atoms with van der Waals surface area (Å²) in [6.45, 7) is 4.89. The number of benzene rings is 4. The van der Waals surface area contributed by atoms with Crippen molar-refractivity contribution in [2.75, 3.05) is 24.7 Å². The molecule has 0 bridgehead atoms. The Morgan fingerprint density at radius 3 is 1.91 bits per heavy atom. The molecule has 0 saturated carbocycles. The zero-order valence-electron chi connectivity index (χ0n) is 26.0. The van der Waals surface area contributed by atoms with E-state index < -0.39 is 17.5 Å². The summed E-state index contributed by atoms with van der Waals surface area (Å²) in [5, 5.41) is 8.57. The van der Waals surface area contributed by atoms with Crippen molar-refractivity contribution >= 4 is 23.4 Å². The van der Waals surface area contributed by atoms with E-state index in [2.05, 4.69) is 13.0 Å². The van der Waals surface area contributed by atoms with Gasteiger partial charge in [-0.2, -0.15) is 14.0 Å². The van der Waals surface area contributed by atoms with Crippen molar-refractivity contribution in [3.05, 3.63) is 132 Å². The van der Waals surface area contributed by atoms with Crippen LogP contribution in [0.2, 0.25) is 0 Å². The second-order valence-corrected chi connectivity index (χ2v) is 11.5. The summed E-state index contributed by atoms with van der Waals surface area (Å²) in [7, 11) is 0. The zero-order valence-corrected chi connectivity index (χ0v) is 26.0. The number of nitrogens with zero attached hydrogens (tertiary/aromatic N) is 1. The van der Waals surface area contributed by atoms with Gasteiger partial charge in [0.25, 0.3) is 0 Å². The number of esters is 1. The lowest BCUT2D eigenvalue weighted by atomic mass is 9.79. The molecule has 4 N–H and O–H groups in total. The number of anilines is 2. The molecule has 0 amide bonds. The topological polar surface area (TPSA) is 121 Å². The van der Waals surface area contributed by atoms with Gasteiger partial charge >= 0.3 is 12.1 Å². The second-order valence-electron chi connectivity index (χ2n) is 11.5. The molecule has 47 heavy (non-hydrogen) atoms. The first-order valence-electron chi connectivity index (χ1n) is 15.2. The highest BCUT2D eigenvalue weighted by molar-refractivity contribution is 5.87. The number of nitriles is 1. The monoisotopic (exact) mass is 638 g/mol. The first-order chi connectivity index (χ1) is 22.5. The van der Waals surface area contributed by atoms with Crippen LogP contribution in [0.5, 0.6) is 11.5 Å². The third kappa shape index (κ3) is 11.2. The number of nitrogens with two attached hydrogens (primary N) is 2. The van der Waals surface area contributed by atoms with Gasteiger partial charge in [0, 0.05) is 29.3 Å². The van der Waals surface area contributed by atoms with Gasteiger partial charge in [-0.05, 0) is 116 Å². The maximum Gasteiger partial charge on any atom is 0.426 e. The third-order valence-corrected chi connectivity index (χ3v) is 7.32. The summed E-state index contributed by atoms with van der Waals surface area (Å²) >= 11 is 0. The molecule has 4 aromatic carbocycles. The average Bonchev–Trinajstić information content (AvgIpc) is 3.06. The summed E-state index contributed by atoms with van der Waals surface area (Å²) in [4.78, 5) is 12.7. The van der Waals surface area contributed by atoms with E-state index in [-0.39, 0.29) is 17.9 Å². The fraction of sp³-hybridized carbons (Fsp3) is 0.237. The maximum absolute atomic E-state index is 14.8. The highest BCUT2D eigenvalue weighted by Crippen LogP contribution is 2.33. The van der Waals surface area contributed by atoms with Gasteiger partial charge in [0.15, 0.2) is 0 Å². The van der Waals surface area contributed by atoms with Crippen molar-refractivity contribution < 1.29 is 27.8 Å². The van der Waals surface area contributed by atoms with Gasteiger partial charge < -0.3 is 25.7 Å². The predicted octanol–water partition coefficient (Wildman–Crippen LogP) is 7.91. The Balaban J connectivity index is 1.31. The van der Waals surface area contributed by atoms with Crippen LogP contribution in [-0.4, -0.2) is 19.2 Å². The summed E-state index contributed by atoms with van der Waals surface area (Å²) in [5.41, 5.74) is 14.6. The molecule has 0 unspecified atom stereocenters. The van der Waals surface area contributed by atoms with Crippen LogP contribution in [0.1, 0.15) is 41.5 Å². The Morgan fingerprint density at radius 1 is 0.809 bits per heavy atom. The SMILES string of the molecule is [CH2]C(COC(=O)/C=C/c1ccc(OC(F)(F)c2ccc(OCCCCC#N)cc2)cc1)(Cc1ccc(N)cc1)Cc1ccc(N)cc1. The average molecular weight is 639 g/mol. The minimum Gasteiger partial charge on any atom is -0.494 e. The van der Waals surface area contributed by atoms with E-state index in [4.69, 9.17) is 30.9 Å². The largest absolute Gasteiger partial charge is 0.494 e. The number of rotatable bonds is 16. The molecule has 4 aromatic rings. The summed E-state index contributed by atoms with van der Waals surface area (Å²) < 4.78 is 45.8. The molecule has 9 heteroatoms.